The maximum Gasteiger partial charge on any atom is 0.337 e. The third kappa shape index (κ3) is 3.12. The number of benzene rings is 1. The molecule has 1 aromatic carbocycles. The molecule has 1 amide bonds. The number of carbonyl (C=O) groups excluding carboxylic acids is 2. The number of amides is 1. The van der Waals surface area contributed by atoms with Crippen LogP contribution < -0.4 is 4.80 Å². The van der Waals surface area contributed by atoms with Crippen LogP contribution in [0.2, 0.25) is 0 Å². The molecule has 0 aliphatic heterocycles. The summed E-state index contributed by atoms with van der Waals surface area (Å²) in [6, 6.07) is 7.02. The van der Waals surface area contributed by atoms with Gasteiger partial charge in [0.2, 0.25) is 0 Å². The van der Waals surface area contributed by atoms with Crippen LogP contribution in [0.15, 0.2) is 29.3 Å². The molecule has 2 heterocycles. The number of methoxy groups -OCH3 is 1. The summed E-state index contributed by atoms with van der Waals surface area (Å²) < 4.78 is 9.21. The number of thiazole rings is 1. The average Bonchev–Trinajstić information content (AvgIpc) is 3.12. The minimum Gasteiger partial charge on any atom is -0.465 e. The highest BCUT2D eigenvalue weighted by molar-refractivity contribution is 7.16. The van der Waals surface area contributed by atoms with Crippen molar-refractivity contribution < 1.29 is 14.3 Å². The van der Waals surface area contributed by atoms with Crippen LogP contribution in [0.25, 0.3) is 10.2 Å². The molecule has 0 saturated carbocycles. The van der Waals surface area contributed by atoms with Gasteiger partial charge in [-0.1, -0.05) is 11.3 Å². The number of aromatic nitrogens is 3. The smallest absolute Gasteiger partial charge is 0.337 e. The Balaban J connectivity index is 2.11. The van der Waals surface area contributed by atoms with Crippen molar-refractivity contribution in [3.8, 4) is 0 Å². The summed E-state index contributed by atoms with van der Waals surface area (Å²) in [5, 5.41) is 4.17. The topological polar surface area (TPSA) is 78.5 Å². The summed E-state index contributed by atoms with van der Waals surface area (Å²) in [6.45, 7) is 4.52. The molecule has 0 saturated heterocycles. The lowest BCUT2D eigenvalue weighted by atomic mass is 10.2. The van der Waals surface area contributed by atoms with Crippen molar-refractivity contribution in [2.75, 3.05) is 7.11 Å². The van der Waals surface area contributed by atoms with Crippen LogP contribution in [-0.2, 0) is 18.3 Å². The van der Waals surface area contributed by atoms with Crippen molar-refractivity contribution in [2.45, 2.75) is 20.4 Å². The van der Waals surface area contributed by atoms with Gasteiger partial charge in [0.25, 0.3) is 5.91 Å². The first-order valence-corrected chi connectivity index (χ1v) is 8.57. The first-order chi connectivity index (χ1) is 11.9. The van der Waals surface area contributed by atoms with Crippen LogP contribution in [0, 0.1) is 6.92 Å². The molecular weight excluding hydrogens is 340 g/mol. The van der Waals surface area contributed by atoms with Gasteiger partial charge >= 0.3 is 5.97 Å². The van der Waals surface area contributed by atoms with Gasteiger partial charge in [-0.25, -0.2) is 4.79 Å². The van der Waals surface area contributed by atoms with Crippen LogP contribution in [0.3, 0.4) is 0 Å². The Morgan fingerprint density at radius 2 is 2.08 bits per heavy atom. The van der Waals surface area contributed by atoms with Gasteiger partial charge in [-0.3, -0.25) is 9.48 Å². The Morgan fingerprint density at radius 3 is 2.68 bits per heavy atom. The van der Waals surface area contributed by atoms with Gasteiger partial charge in [-0.2, -0.15) is 10.1 Å². The number of ether oxygens (including phenoxy) is 1. The first kappa shape index (κ1) is 17.1. The zero-order valence-electron chi connectivity index (χ0n) is 14.4. The van der Waals surface area contributed by atoms with Gasteiger partial charge in [0.15, 0.2) is 10.5 Å². The lowest BCUT2D eigenvalue weighted by Gasteiger charge is -2.01. The minimum absolute atomic E-state index is 0.315. The molecule has 8 heteroatoms. The second kappa shape index (κ2) is 6.64. The molecule has 25 heavy (non-hydrogen) atoms. The van der Waals surface area contributed by atoms with E-state index < -0.39 is 5.97 Å². The number of fused-ring (bicyclic) bond motifs is 1. The van der Waals surface area contributed by atoms with Gasteiger partial charge in [0.1, 0.15) is 0 Å². The third-order valence-electron chi connectivity index (χ3n) is 3.95. The van der Waals surface area contributed by atoms with E-state index in [1.54, 1.807) is 29.9 Å². The molecule has 0 unspecified atom stereocenters. The summed E-state index contributed by atoms with van der Waals surface area (Å²) in [4.78, 5) is 28.9. The number of nitrogens with zero attached hydrogens (tertiary/aromatic N) is 4. The maximum absolute atomic E-state index is 12.4. The average molecular weight is 358 g/mol. The number of hydrogen-bond donors (Lipinski definition) is 0. The van der Waals surface area contributed by atoms with E-state index in [0.717, 1.165) is 15.9 Å². The second-order valence-corrected chi connectivity index (χ2v) is 6.52. The van der Waals surface area contributed by atoms with Crippen molar-refractivity contribution in [3.05, 3.63) is 46.0 Å². The van der Waals surface area contributed by atoms with Crippen molar-refractivity contribution in [2.24, 2.45) is 12.0 Å². The highest BCUT2D eigenvalue weighted by Crippen LogP contribution is 2.20. The molecule has 7 nitrogen and oxygen atoms in total. The van der Waals surface area contributed by atoms with Crippen LogP contribution in [0.1, 0.15) is 33.5 Å². The van der Waals surface area contributed by atoms with Gasteiger partial charge < -0.3 is 9.30 Å². The van der Waals surface area contributed by atoms with Crippen LogP contribution in [0.4, 0.5) is 0 Å². The van der Waals surface area contributed by atoms with E-state index in [-0.39, 0.29) is 5.91 Å². The highest BCUT2D eigenvalue weighted by Gasteiger charge is 2.13. The molecule has 0 bridgehead atoms. The molecule has 0 aliphatic carbocycles. The number of rotatable bonds is 3. The minimum atomic E-state index is -0.392. The fourth-order valence-corrected chi connectivity index (χ4v) is 3.65. The molecule has 0 fully saturated rings. The monoisotopic (exact) mass is 358 g/mol. The molecular formula is C17H18N4O3S. The molecule has 0 atom stereocenters. The quantitative estimate of drug-likeness (QED) is 0.673. The predicted octanol–water partition coefficient (Wildman–Crippen LogP) is 2.29. The summed E-state index contributed by atoms with van der Waals surface area (Å²) >= 11 is 1.36. The van der Waals surface area contributed by atoms with Crippen molar-refractivity contribution >= 4 is 33.4 Å². The van der Waals surface area contributed by atoms with Crippen LogP contribution in [-0.4, -0.2) is 33.3 Å². The third-order valence-corrected chi connectivity index (χ3v) is 4.99. The van der Waals surface area contributed by atoms with E-state index in [0.29, 0.717) is 22.6 Å². The Kier molecular flexibility index (Phi) is 4.54. The molecule has 3 aromatic rings. The van der Waals surface area contributed by atoms with Gasteiger partial charge in [-0.15, -0.1) is 0 Å². The Labute approximate surface area is 148 Å². The Bertz CT molecular complexity index is 1020. The lowest BCUT2D eigenvalue weighted by molar-refractivity contribution is 0.0601. The fraction of sp³-hybridized carbons (Fsp3) is 0.294. The first-order valence-electron chi connectivity index (χ1n) is 7.76. The summed E-state index contributed by atoms with van der Waals surface area (Å²) in [5.41, 5.74) is 2.60. The van der Waals surface area contributed by atoms with Gasteiger partial charge in [-0.05, 0) is 38.1 Å². The summed E-state index contributed by atoms with van der Waals surface area (Å²) in [5.74, 6) is -0.775. The van der Waals surface area contributed by atoms with Gasteiger partial charge in [0.05, 0.1) is 22.9 Å². The van der Waals surface area contributed by atoms with E-state index in [4.69, 9.17) is 4.74 Å². The number of hydrogen-bond acceptors (Lipinski definition) is 5. The largest absolute Gasteiger partial charge is 0.465 e. The molecule has 0 radical (unpaired) electrons. The van der Waals surface area contributed by atoms with Crippen molar-refractivity contribution in [3.63, 3.8) is 0 Å². The normalized spacial score (nSPS) is 11.9. The molecule has 130 valence electrons. The van der Waals surface area contributed by atoms with E-state index in [1.807, 2.05) is 24.5 Å². The fourth-order valence-electron chi connectivity index (χ4n) is 2.52. The van der Waals surface area contributed by atoms with E-state index in [9.17, 15) is 9.59 Å². The zero-order chi connectivity index (χ0) is 18.1. The van der Waals surface area contributed by atoms with Crippen molar-refractivity contribution in [1.29, 1.82) is 0 Å². The summed E-state index contributed by atoms with van der Waals surface area (Å²) in [6.07, 6.45) is 0. The standard InChI is InChI=1S/C17H18N4O3S/c1-5-21-13-7-6-11(16(23)24-4)9-14(13)25-17(21)18-15(22)12-8-10(2)20(3)19-12/h6-9H,5H2,1-4H3. The predicted molar refractivity (Wildman–Crippen MR) is 94.7 cm³/mol. The summed E-state index contributed by atoms with van der Waals surface area (Å²) in [7, 11) is 3.13. The molecule has 2 aromatic heterocycles. The SMILES string of the molecule is CCn1c(=NC(=O)c2cc(C)n(C)n2)sc2cc(C(=O)OC)ccc21. The lowest BCUT2D eigenvalue weighted by Crippen LogP contribution is -2.16. The van der Waals surface area contributed by atoms with Crippen LogP contribution >= 0.6 is 11.3 Å². The van der Waals surface area contributed by atoms with Crippen LogP contribution in [0.5, 0.6) is 0 Å². The second-order valence-electron chi connectivity index (χ2n) is 5.51. The van der Waals surface area contributed by atoms with Gasteiger partial charge in [0, 0.05) is 19.3 Å². The molecule has 3 rings (SSSR count). The Morgan fingerprint density at radius 1 is 1.32 bits per heavy atom. The maximum atomic E-state index is 12.4. The van der Waals surface area contributed by atoms with E-state index in [2.05, 4.69) is 10.1 Å². The highest BCUT2D eigenvalue weighted by atomic mass is 32.1. The molecule has 0 aliphatic rings. The zero-order valence-corrected chi connectivity index (χ0v) is 15.3. The molecule has 0 N–H and O–H groups in total. The number of aryl methyl sites for hydroxylation is 3. The van der Waals surface area contributed by atoms with E-state index in [1.165, 1.54) is 18.4 Å². The van der Waals surface area contributed by atoms with E-state index >= 15 is 0 Å². The molecule has 0 spiro atoms. The number of carbonyl (C=O) groups is 2. The van der Waals surface area contributed by atoms with Crippen molar-refractivity contribution in [1.82, 2.24) is 14.3 Å². The Hall–Kier alpha value is -2.74. The number of esters is 1.